The highest BCUT2D eigenvalue weighted by atomic mass is 16.5. The van der Waals surface area contributed by atoms with Gasteiger partial charge < -0.3 is 9.64 Å². The van der Waals surface area contributed by atoms with E-state index < -0.39 is 0 Å². The van der Waals surface area contributed by atoms with Gasteiger partial charge in [-0.1, -0.05) is 12.1 Å². The molecule has 0 aromatic heterocycles. The minimum absolute atomic E-state index is 0.0247. The molecule has 118 valence electrons. The van der Waals surface area contributed by atoms with Gasteiger partial charge in [-0.25, -0.2) is 0 Å². The van der Waals surface area contributed by atoms with Gasteiger partial charge in [-0.3, -0.25) is 9.69 Å². The Bertz CT molecular complexity index is 545. The fraction of sp³-hybridized carbons (Fsp3) is 0.529. The molecule has 0 bridgehead atoms. The first-order valence-corrected chi connectivity index (χ1v) is 7.79. The van der Waals surface area contributed by atoms with Crippen LogP contribution in [0.15, 0.2) is 24.3 Å². The Morgan fingerprint density at radius 1 is 1.32 bits per heavy atom. The van der Waals surface area contributed by atoms with E-state index in [4.69, 9.17) is 10.00 Å². The van der Waals surface area contributed by atoms with Gasteiger partial charge in [0.15, 0.2) is 0 Å². The summed E-state index contributed by atoms with van der Waals surface area (Å²) >= 11 is 0. The Kier molecular flexibility index (Phi) is 5.79. The van der Waals surface area contributed by atoms with Crippen molar-refractivity contribution in [2.75, 3.05) is 32.8 Å². The topological polar surface area (TPSA) is 56.6 Å². The molecule has 1 aromatic rings. The summed E-state index contributed by atoms with van der Waals surface area (Å²) in [5.74, 6) is 0.673. The number of amides is 1. The molecule has 0 unspecified atom stereocenters. The second-order valence-electron chi connectivity index (χ2n) is 5.47. The van der Waals surface area contributed by atoms with Gasteiger partial charge in [0, 0.05) is 32.2 Å². The van der Waals surface area contributed by atoms with Crippen molar-refractivity contribution < 1.29 is 9.53 Å². The zero-order valence-corrected chi connectivity index (χ0v) is 13.3. The molecule has 1 aromatic carbocycles. The van der Waals surface area contributed by atoms with Crippen LogP contribution < -0.4 is 4.74 Å². The maximum atomic E-state index is 12.7. The van der Waals surface area contributed by atoms with Crippen molar-refractivity contribution in [1.29, 1.82) is 5.26 Å². The number of piperazine rings is 1. The predicted molar refractivity (Wildman–Crippen MR) is 84.8 cm³/mol. The Morgan fingerprint density at radius 3 is 2.64 bits per heavy atom. The van der Waals surface area contributed by atoms with Crippen LogP contribution in [-0.4, -0.2) is 54.5 Å². The Hall–Kier alpha value is -2.06. The molecular weight excluding hydrogens is 278 g/mol. The van der Waals surface area contributed by atoms with Gasteiger partial charge in [-0.05, 0) is 26.0 Å². The van der Waals surface area contributed by atoms with E-state index in [2.05, 4.69) is 17.9 Å². The molecule has 0 N–H and O–H groups in total. The zero-order valence-electron chi connectivity index (χ0n) is 13.3. The molecule has 1 atom stereocenters. The monoisotopic (exact) mass is 301 g/mol. The van der Waals surface area contributed by atoms with E-state index in [1.165, 1.54) is 0 Å². The first-order valence-electron chi connectivity index (χ1n) is 7.79. The van der Waals surface area contributed by atoms with Crippen LogP contribution in [0, 0.1) is 11.3 Å². The molecule has 1 fully saturated rings. The molecule has 0 spiro atoms. The van der Waals surface area contributed by atoms with Crippen molar-refractivity contribution in [3.05, 3.63) is 29.8 Å². The van der Waals surface area contributed by atoms with Crippen LogP contribution in [0.3, 0.4) is 0 Å². The molecule has 2 rings (SSSR count). The Balaban J connectivity index is 2.00. The van der Waals surface area contributed by atoms with Crippen LogP contribution in [0.25, 0.3) is 0 Å². The van der Waals surface area contributed by atoms with Crippen molar-refractivity contribution in [1.82, 2.24) is 9.80 Å². The summed E-state index contributed by atoms with van der Waals surface area (Å²) in [7, 11) is 0. The van der Waals surface area contributed by atoms with E-state index in [-0.39, 0.29) is 11.9 Å². The zero-order chi connectivity index (χ0) is 15.9. The van der Waals surface area contributed by atoms with Crippen molar-refractivity contribution in [3.63, 3.8) is 0 Å². The number of ether oxygens (including phenoxy) is 1. The van der Waals surface area contributed by atoms with Gasteiger partial charge in [0.05, 0.1) is 24.7 Å². The lowest BCUT2D eigenvalue weighted by molar-refractivity contribution is 0.0582. The number of hydrogen-bond acceptors (Lipinski definition) is 4. The van der Waals surface area contributed by atoms with Gasteiger partial charge in [0.2, 0.25) is 0 Å². The van der Waals surface area contributed by atoms with Crippen LogP contribution in [-0.2, 0) is 0 Å². The highest BCUT2D eigenvalue weighted by molar-refractivity contribution is 5.97. The van der Waals surface area contributed by atoms with E-state index in [9.17, 15) is 4.79 Å². The predicted octanol–water partition coefficient (Wildman–Crippen LogP) is 2.15. The molecule has 1 saturated heterocycles. The summed E-state index contributed by atoms with van der Waals surface area (Å²) in [6.07, 6.45) is 0.529. The summed E-state index contributed by atoms with van der Waals surface area (Å²) in [5.41, 5.74) is 0.628. The molecule has 1 heterocycles. The van der Waals surface area contributed by atoms with Crippen molar-refractivity contribution >= 4 is 5.91 Å². The summed E-state index contributed by atoms with van der Waals surface area (Å²) in [6, 6.07) is 9.85. The fourth-order valence-electron chi connectivity index (χ4n) is 2.72. The number of benzene rings is 1. The van der Waals surface area contributed by atoms with E-state index in [0.717, 1.165) is 13.1 Å². The first kappa shape index (κ1) is 16.3. The van der Waals surface area contributed by atoms with Crippen LogP contribution >= 0.6 is 0 Å². The summed E-state index contributed by atoms with van der Waals surface area (Å²) in [4.78, 5) is 16.8. The normalized spacial score (nSPS) is 16.9. The number of hydrogen-bond donors (Lipinski definition) is 0. The molecule has 5 nitrogen and oxygen atoms in total. The number of para-hydroxylation sites is 1. The maximum Gasteiger partial charge on any atom is 0.257 e. The number of nitriles is 1. The third kappa shape index (κ3) is 3.77. The lowest BCUT2D eigenvalue weighted by Gasteiger charge is -2.37. The smallest absolute Gasteiger partial charge is 0.257 e. The van der Waals surface area contributed by atoms with Crippen LogP contribution in [0.1, 0.15) is 30.6 Å². The minimum atomic E-state index is 0.0247. The third-order valence-electron chi connectivity index (χ3n) is 4.03. The number of carbonyl (C=O) groups is 1. The SMILES string of the molecule is CCOc1ccccc1C(=O)N1CCN([C@@H](C)CC#N)CC1. The van der Waals surface area contributed by atoms with Gasteiger partial charge >= 0.3 is 0 Å². The lowest BCUT2D eigenvalue weighted by atomic mass is 10.1. The fourth-order valence-corrected chi connectivity index (χ4v) is 2.72. The average Bonchev–Trinajstić information content (AvgIpc) is 2.55. The van der Waals surface area contributed by atoms with Crippen LogP contribution in [0.2, 0.25) is 0 Å². The highest BCUT2D eigenvalue weighted by Gasteiger charge is 2.26. The van der Waals surface area contributed by atoms with Crippen molar-refractivity contribution in [3.8, 4) is 11.8 Å². The van der Waals surface area contributed by atoms with Crippen molar-refractivity contribution in [2.24, 2.45) is 0 Å². The second-order valence-corrected chi connectivity index (χ2v) is 5.47. The number of nitrogens with zero attached hydrogens (tertiary/aromatic N) is 3. The molecular formula is C17H23N3O2. The largest absolute Gasteiger partial charge is 0.493 e. The minimum Gasteiger partial charge on any atom is -0.493 e. The van der Waals surface area contributed by atoms with Gasteiger partial charge in [0.25, 0.3) is 5.91 Å². The molecule has 5 heteroatoms. The quantitative estimate of drug-likeness (QED) is 0.836. The van der Waals surface area contributed by atoms with E-state index in [1.807, 2.05) is 36.1 Å². The third-order valence-corrected chi connectivity index (χ3v) is 4.03. The van der Waals surface area contributed by atoms with Crippen LogP contribution in [0.4, 0.5) is 0 Å². The Labute approximate surface area is 132 Å². The maximum absolute atomic E-state index is 12.7. The van der Waals surface area contributed by atoms with E-state index >= 15 is 0 Å². The standard InChI is InChI=1S/C17H23N3O2/c1-3-22-16-7-5-4-6-15(16)17(21)20-12-10-19(11-13-20)14(2)8-9-18/h4-7,14H,3,8,10-13H2,1-2H3/t14-/m0/s1. The van der Waals surface area contributed by atoms with Gasteiger partial charge in [-0.2, -0.15) is 5.26 Å². The molecule has 0 aliphatic carbocycles. The molecule has 0 radical (unpaired) electrons. The average molecular weight is 301 g/mol. The molecule has 1 aliphatic heterocycles. The summed E-state index contributed by atoms with van der Waals surface area (Å²) in [5, 5.41) is 8.78. The molecule has 1 amide bonds. The summed E-state index contributed by atoms with van der Waals surface area (Å²) in [6.45, 7) is 7.52. The molecule has 0 saturated carbocycles. The van der Waals surface area contributed by atoms with E-state index in [1.54, 1.807) is 0 Å². The van der Waals surface area contributed by atoms with Crippen molar-refractivity contribution in [2.45, 2.75) is 26.3 Å². The summed E-state index contributed by atoms with van der Waals surface area (Å²) < 4.78 is 5.55. The number of carbonyl (C=O) groups excluding carboxylic acids is 1. The lowest BCUT2D eigenvalue weighted by Crippen LogP contribution is -2.51. The molecule has 22 heavy (non-hydrogen) atoms. The van der Waals surface area contributed by atoms with Gasteiger partial charge in [0.1, 0.15) is 5.75 Å². The van der Waals surface area contributed by atoms with Crippen LogP contribution in [0.5, 0.6) is 5.75 Å². The number of rotatable bonds is 5. The first-order chi connectivity index (χ1) is 10.7. The molecule has 1 aliphatic rings. The van der Waals surface area contributed by atoms with Gasteiger partial charge in [-0.15, -0.1) is 0 Å². The second kappa shape index (κ2) is 7.81. The Morgan fingerprint density at radius 2 is 2.00 bits per heavy atom. The van der Waals surface area contributed by atoms with E-state index in [0.29, 0.717) is 37.4 Å². The highest BCUT2D eigenvalue weighted by Crippen LogP contribution is 2.21.